The van der Waals surface area contributed by atoms with Crippen molar-refractivity contribution in [2.24, 2.45) is 0 Å². The summed E-state index contributed by atoms with van der Waals surface area (Å²) in [5.41, 5.74) is 2.43. The third-order valence-corrected chi connectivity index (χ3v) is 5.01. The third-order valence-electron chi connectivity index (χ3n) is 5.01. The zero-order chi connectivity index (χ0) is 20.5. The normalized spacial score (nSPS) is 12.8. The van der Waals surface area contributed by atoms with E-state index < -0.39 is 5.97 Å². The zero-order valence-corrected chi connectivity index (χ0v) is 15.9. The van der Waals surface area contributed by atoms with Crippen molar-refractivity contribution in [1.82, 2.24) is 5.16 Å². The molecule has 0 bridgehead atoms. The first kappa shape index (κ1) is 18.2. The first-order valence-electron chi connectivity index (χ1n) is 9.54. The van der Waals surface area contributed by atoms with E-state index in [4.69, 9.17) is 22.8 Å². The van der Waals surface area contributed by atoms with E-state index in [1.54, 1.807) is 30.3 Å². The van der Waals surface area contributed by atoms with Gasteiger partial charge in [0.15, 0.2) is 12.4 Å². The highest BCUT2D eigenvalue weighted by Gasteiger charge is 2.20. The molecule has 0 spiro atoms. The number of hydrogen-bond acceptors (Lipinski definition) is 8. The van der Waals surface area contributed by atoms with Crippen LogP contribution < -0.4 is 10.4 Å². The highest BCUT2D eigenvalue weighted by atomic mass is 16.6. The summed E-state index contributed by atoms with van der Waals surface area (Å²) >= 11 is 0. The lowest BCUT2D eigenvalue weighted by Crippen LogP contribution is -2.15. The molecule has 0 atom stereocenters. The van der Waals surface area contributed by atoms with Crippen LogP contribution in [0.25, 0.3) is 22.5 Å². The van der Waals surface area contributed by atoms with Crippen LogP contribution in [-0.2, 0) is 29.0 Å². The second-order valence-electron chi connectivity index (χ2n) is 6.97. The molecule has 1 aliphatic rings. The maximum absolute atomic E-state index is 12.1. The van der Waals surface area contributed by atoms with Crippen LogP contribution >= 0.6 is 0 Å². The largest absolute Gasteiger partial charge is 0.482 e. The molecule has 0 amide bonds. The molecule has 4 aromatic rings. The van der Waals surface area contributed by atoms with Crippen molar-refractivity contribution in [2.45, 2.75) is 25.9 Å². The van der Waals surface area contributed by atoms with E-state index in [1.165, 1.54) is 6.26 Å². The molecule has 5 rings (SSSR count). The fraction of sp³-hybridized carbons (Fsp3) is 0.227. The minimum Gasteiger partial charge on any atom is -0.482 e. The van der Waals surface area contributed by atoms with Gasteiger partial charge in [-0.05, 0) is 49.1 Å². The minimum absolute atomic E-state index is 0.0505. The topological polar surface area (TPSA) is 105 Å². The van der Waals surface area contributed by atoms with E-state index in [1.807, 2.05) is 6.07 Å². The molecule has 1 aromatic carbocycles. The maximum Gasteiger partial charge on any atom is 0.344 e. The summed E-state index contributed by atoms with van der Waals surface area (Å²) < 4.78 is 26.4. The molecule has 30 heavy (non-hydrogen) atoms. The standard InChI is InChI=1S/C22H17NO7/c24-21(28-11-13-9-20(30-23-13)18-5-2-8-26-18)12-27-14-6-7-16-15-3-1-4-17(15)22(25)29-19(16)10-14/h2,5-10H,1,3-4,11-12H2. The Labute approximate surface area is 170 Å². The number of fused-ring (bicyclic) bond motifs is 3. The number of esters is 1. The average molecular weight is 407 g/mol. The molecule has 0 unspecified atom stereocenters. The Morgan fingerprint density at radius 3 is 2.87 bits per heavy atom. The fourth-order valence-electron chi connectivity index (χ4n) is 3.61. The molecule has 0 radical (unpaired) electrons. The van der Waals surface area contributed by atoms with Crippen LogP contribution in [0.15, 0.2) is 60.8 Å². The highest BCUT2D eigenvalue weighted by molar-refractivity contribution is 5.83. The summed E-state index contributed by atoms with van der Waals surface area (Å²) in [5.74, 6) is 0.846. The van der Waals surface area contributed by atoms with E-state index in [0.717, 1.165) is 35.8 Å². The maximum atomic E-state index is 12.1. The second kappa shape index (κ2) is 7.55. The number of aromatic nitrogens is 1. The van der Waals surface area contributed by atoms with Gasteiger partial charge in [-0.15, -0.1) is 0 Å². The molecular formula is C22H17NO7. The lowest BCUT2D eigenvalue weighted by Gasteiger charge is -2.08. The van der Waals surface area contributed by atoms with Crippen molar-refractivity contribution in [3.8, 4) is 17.3 Å². The quantitative estimate of drug-likeness (QED) is 0.352. The first-order valence-corrected chi connectivity index (χ1v) is 9.54. The Balaban J connectivity index is 1.20. The van der Waals surface area contributed by atoms with Gasteiger partial charge in [-0.3, -0.25) is 0 Å². The summed E-state index contributed by atoms with van der Waals surface area (Å²) in [7, 11) is 0. The molecule has 8 heteroatoms. The van der Waals surface area contributed by atoms with Crippen LogP contribution in [0.5, 0.6) is 5.75 Å². The first-order chi connectivity index (χ1) is 14.7. The number of carbonyl (C=O) groups is 1. The Hall–Kier alpha value is -3.81. The summed E-state index contributed by atoms with van der Waals surface area (Å²) in [6, 6.07) is 10.3. The van der Waals surface area contributed by atoms with Crippen LogP contribution in [0, 0.1) is 0 Å². The van der Waals surface area contributed by atoms with Crippen LogP contribution in [0.4, 0.5) is 0 Å². The molecular weight excluding hydrogens is 390 g/mol. The summed E-state index contributed by atoms with van der Waals surface area (Å²) in [5, 5.41) is 4.75. The molecule has 1 aliphatic carbocycles. The van der Waals surface area contributed by atoms with Gasteiger partial charge < -0.3 is 22.8 Å². The second-order valence-corrected chi connectivity index (χ2v) is 6.97. The molecule has 0 saturated carbocycles. The third kappa shape index (κ3) is 3.47. The summed E-state index contributed by atoms with van der Waals surface area (Å²) in [4.78, 5) is 24.1. The van der Waals surface area contributed by atoms with E-state index in [2.05, 4.69) is 5.16 Å². The molecule has 3 heterocycles. The van der Waals surface area contributed by atoms with Crippen molar-refractivity contribution >= 4 is 16.9 Å². The van der Waals surface area contributed by atoms with Crippen LogP contribution in [0.1, 0.15) is 23.2 Å². The minimum atomic E-state index is -0.562. The zero-order valence-electron chi connectivity index (χ0n) is 15.9. The number of furan rings is 1. The van der Waals surface area contributed by atoms with Gasteiger partial charge in [-0.25, -0.2) is 9.59 Å². The van der Waals surface area contributed by atoms with Gasteiger partial charge in [0.05, 0.1) is 6.26 Å². The van der Waals surface area contributed by atoms with E-state index >= 15 is 0 Å². The van der Waals surface area contributed by atoms with Gasteiger partial charge in [-0.1, -0.05) is 5.16 Å². The number of hydrogen-bond donors (Lipinski definition) is 0. The molecule has 152 valence electrons. The van der Waals surface area contributed by atoms with Gasteiger partial charge in [-0.2, -0.15) is 0 Å². The van der Waals surface area contributed by atoms with Crippen LogP contribution in [0.2, 0.25) is 0 Å². The molecule has 0 aliphatic heterocycles. The Bertz CT molecular complexity index is 1270. The summed E-state index contributed by atoms with van der Waals surface area (Å²) in [6.07, 6.45) is 4.11. The average Bonchev–Trinajstić information content (AvgIpc) is 3.51. The fourth-order valence-corrected chi connectivity index (χ4v) is 3.61. The smallest absolute Gasteiger partial charge is 0.344 e. The molecule has 0 saturated heterocycles. The number of benzene rings is 1. The predicted octanol–water partition coefficient (Wildman–Crippen LogP) is 3.65. The van der Waals surface area contributed by atoms with Crippen molar-refractivity contribution in [3.63, 3.8) is 0 Å². The van der Waals surface area contributed by atoms with Crippen LogP contribution in [0.3, 0.4) is 0 Å². The monoisotopic (exact) mass is 407 g/mol. The van der Waals surface area contributed by atoms with Crippen LogP contribution in [-0.4, -0.2) is 17.7 Å². The SMILES string of the molecule is O=C(COc1ccc2c3c(c(=O)oc2c1)CCC3)OCc1cc(-c2ccco2)on1. The summed E-state index contributed by atoms with van der Waals surface area (Å²) in [6.45, 7) is -0.339. The van der Waals surface area contributed by atoms with Crippen molar-refractivity contribution in [3.05, 3.63) is 69.9 Å². The number of nitrogens with zero attached hydrogens (tertiary/aromatic N) is 1. The Kier molecular flexibility index (Phi) is 4.59. The number of aryl methyl sites for hydroxylation is 1. The van der Waals surface area contributed by atoms with Crippen molar-refractivity contribution in [2.75, 3.05) is 6.61 Å². The Morgan fingerprint density at radius 1 is 1.10 bits per heavy atom. The van der Waals surface area contributed by atoms with Gasteiger partial charge in [0, 0.05) is 23.1 Å². The number of carbonyl (C=O) groups excluding carboxylic acids is 1. The van der Waals surface area contributed by atoms with Gasteiger partial charge in [0.25, 0.3) is 0 Å². The van der Waals surface area contributed by atoms with Gasteiger partial charge in [0.2, 0.25) is 5.76 Å². The molecule has 0 fully saturated rings. The number of ether oxygens (including phenoxy) is 2. The van der Waals surface area contributed by atoms with E-state index in [-0.39, 0.29) is 18.8 Å². The lowest BCUT2D eigenvalue weighted by atomic mass is 10.1. The molecule has 0 N–H and O–H groups in total. The predicted molar refractivity (Wildman–Crippen MR) is 104 cm³/mol. The van der Waals surface area contributed by atoms with Gasteiger partial charge >= 0.3 is 11.6 Å². The van der Waals surface area contributed by atoms with E-state index in [9.17, 15) is 9.59 Å². The van der Waals surface area contributed by atoms with Crippen molar-refractivity contribution in [1.29, 1.82) is 0 Å². The number of rotatable bonds is 6. The molecule has 3 aromatic heterocycles. The van der Waals surface area contributed by atoms with E-state index in [0.29, 0.717) is 28.5 Å². The molecule has 8 nitrogen and oxygen atoms in total. The highest BCUT2D eigenvalue weighted by Crippen LogP contribution is 2.29. The lowest BCUT2D eigenvalue weighted by molar-refractivity contribution is -0.147. The van der Waals surface area contributed by atoms with Gasteiger partial charge in [0.1, 0.15) is 23.6 Å². The van der Waals surface area contributed by atoms with Crippen molar-refractivity contribution < 1.29 is 27.6 Å². The Morgan fingerprint density at radius 2 is 2.00 bits per heavy atom.